The Labute approximate surface area is 127 Å². The Morgan fingerprint density at radius 1 is 1.33 bits per heavy atom. The maximum Gasteiger partial charge on any atom is 0.407 e. The normalized spacial score (nSPS) is 12.9. The molecule has 1 unspecified atom stereocenters. The summed E-state index contributed by atoms with van der Waals surface area (Å²) in [6, 6.07) is 3.87. The molecule has 5 nitrogen and oxygen atoms in total. The summed E-state index contributed by atoms with van der Waals surface area (Å²) in [4.78, 5) is 15.8. The number of hydrogen-bond donors (Lipinski definition) is 2. The zero-order valence-corrected chi connectivity index (χ0v) is 13.6. The van der Waals surface area contributed by atoms with E-state index in [9.17, 15) is 4.79 Å². The van der Waals surface area contributed by atoms with Gasteiger partial charge in [-0.15, -0.1) is 0 Å². The monoisotopic (exact) mass is 293 g/mol. The number of nitrogens with one attached hydrogen (secondary N) is 2. The Bertz CT molecular complexity index is 427. The van der Waals surface area contributed by atoms with Crippen molar-refractivity contribution in [1.29, 1.82) is 0 Å². The summed E-state index contributed by atoms with van der Waals surface area (Å²) in [5.74, 6) is 0.766. The highest BCUT2D eigenvalue weighted by atomic mass is 16.6. The third-order valence-electron chi connectivity index (χ3n) is 3.08. The fourth-order valence-electron chi connectivity index (χ4n) is 1.79. The van der Waals surface area contributed by atoms with E-state index in [-0.39, 0.29) is 6.09 Å². The third kappa shape index (κ3) is 7.54. The van der Waals surface area contributed by atoms with Crippen LogP contribution in [0, 0.1) is 11.8 Å². The molecule has 0 aromatic carbocycles. The molecule has 0 saturated heterocycles. The van der Waals surface area contributed by atoms with Crippen molar-refractivity contribution in [3.8, 4) is 0 Å². The van der Waals surface area contributed by atoms with Gasteiger partial charge in [0.2, 0.25) is 0 Å². The number of alkyl carbamates (subject to hydrolysis) is 1. The van der Waals surface area contributed by atoms with Crippen LogP contribution in [0.25, 0.3) is 0 Å². The highest BCUT2D eigenvalue weighted by Crippen LogP contribution is 2.13. The number of rotatable bonds is 6. The molecule has 1 aromatic heterocycles. The Morgan fingerprint density at radius 2 is 2.05 bits per heavy atom. The first-order chi connectivity index (χ1) is 9.78. The minimum atomic E-state index is -0.467. The molecule has 0 radical (unpaired) electrons. The van der Waals surface area contributed by atoms with Crippen LogP contribution >= 0.6 is 0 Å². The first-order valence-corrected chi connectivity index (χ1v) is 7.38. The van der Waals surface area contributed by atoms with E-state index < -0.39 is 5.60 Å². The largest absolute Gasteiger partial charge is 0.444 e. The summed E-state index contributed by atoms with van der Waals surface area (Å²) in [5.41, 5.74) is 0.520. The first kappa shape index (κ1) is 17.3. The molecule has 0 aliphatic carbocycles. The van der Waals surface area contributed by atoms with E-state index >= 15 is 0 Å². The molecule has 118 valence electrons. The fraction of sp³-hybridized carbons (Fsp3) is 0.625. The standard InChI is InChI=1S/C16H27N3O2/c1-12(2)13(9-18-14-7-6-8-17-11-14)10-19-15(20)21-16(3,4)5/h6-8,11-13,18H,9-10H2,1-5H3,(H,19,20). The van der Waals surface area contributed by atoms with Crippen molar-refractivity contribution in [2.75, 3.05) is 18.4 Å². The Hall–Kier alpha value is -1.78. The maximum atomic E-state index is 11.7. The van der Waals surface area contributed by atoms with Gasteiger partial charge in [0.05, 0.1) is 5.69 Å². The SMILES string of the molecule is CC(C)C(CNC(=O)OC(C)(C)C)CNc1cccnc1. The van der Waals surface area contributed by atoms with Crippen molar-refractivity contribution in [3.05, 3.63) is 24.5 Å². The number of anilines is 1. The van der Waals surface area contributed by atoms with Crippen LogP contribution in [0.4, 0.5) is 10.5 Å². The number of pyridine rings is 1. The van der Waals surface area contributed by atoms with Crippen molar-refractivity contribution in [1.82, 2.24) is 10.3 Å². The lowest BCUT2D eigenvalue weighted by atomic mass is 9.95. The predicted molar refractivity (Wildman–Crippen MR) is 85.3 cm³/mol. The molecule has 21 heavy (non-hydrogen) atoms. The van der Waals surface area contributed by atoms with E-state index in [2.05, 4.69) is 29.5 Å². The zero-order chi connectivity index (χ0) is 15.9. The minimum Gasteiger partial charge on any atom is -0.444 e. The molecule has 0 fully saturated rings. The van der Waals surface area contributed by atoms with E-state index in [1.807, 2.05) is 32.9 Å². The summed E-state index contributed by atoms with van der Waals surface area (Å²) in [6.45, 7) is 11.2. The van der Waals surface area contributed by atoms with E-state index in [0.717, 1.165) is 12.2 Å². The number of hydrogen-bond acceptors (Lipinski definition) is 4. The zero-order valence-electron chi connectivity index (χ0n) is 13.6. The first-order valence-electron chi connectivity index (χ1n) is 7.38. The van der Waals surface area contributed by atoms with Gasteiger partial charge in [0, 0.05) is 25.5 Å². The van der Waals surface area contributed by atoms with Gasteiger partial charge in [-0.25, -0.2) is 4.79 Å². The third-order valence-corrected chi connectivity index (χ3v) is 3.08. The summed E-state index contributed by atoms with van der Waals surface area (Å²) in [5, 5.41) is 6.18. The van der Waals surface area contributed by atoms with Crippen LogP contribution in [-0.2, 0) is 4.74 Å². The van der Waals surface area contributed by atoms with Gasteiger partial charge in [0.1, 0.15) is 5.60 Å². The molecule has 0 spiro atoms. The highest BCUT2D eigenvalue weighted by Gasteiger charge is 2.19. The molecule has 0 aliphatic heterocycles. The average Bonchev–Trinajstić information content (AvgIpc) is 2.37. The lowest BCUT2D eigenvalue weighted by molar-refractivity contribution is 0.0516. The summed E-state index contributed by atoms with van der Waals surface area (Å²) in [7, 11) is 0. The van der Waals surface area contributed by atoms with E-state index in [1.165, 1.54) is 0 Å². The van der Waals surface area contributed by atoms with E-state index in [0.29, 0.717) is 18.4 Å². The van der Waals surface area contributed by atoms with Crippen LogP contribution in [0.15, 0.2) is 24.5 Å². The van der Waals surface area contributed by atoms with Gasteiger partial charge in [-0.1, -0.05) is 13.8 Å². The van der Waals surface area contributed by atoms with Crippen LogP contribution in [0.5, 0.6) is 0 Å². The van der Waals surface area contributed by atoms with E-state index in [1.54, 1.807) is 12.4 Å². The molecule has 0 saturated carbocycles. The van der Waals surface area contributed by atoms with Gasteiger partial charge >= 0.3 is 6.09 Å². The van der Waals surface area contributed by atoms with Crippen molar-refractivity contribution >= 4 is 11.8 Å². The minimum absolute atomic E-state index is 0.317. The molecular formula is C16H27N3O2. The van der Waals surface area contributed by atoms with Crippen LogP contribution in [0.2, 0.25) is 0 Å². The quantitative estimate of drug-likeness (QED) is 0.845. The topological polar surface area (TPSA) is 63.2 Å². The Balaban J connectivity index is 2.42. The number of aromatic nitrogens is 1. The van der Waals surface area contributed by atoms with Gasteiger partial charge in [0.25, 0.3) is 0 Å². The molecule has 1 atom stereocenters. The molecule has 5 heteroatoms. The van der Waals surface area contributed by atoms with Gasteiger partial charge in [-0.2, -0.15) is 0 Å². The van der Waals surface area contributed by atoms with Gasteiger partial charge in [-0.3, -0.25) is 4.98 Å². The number of carbonyl (C=O) groups is 1. The fourth-order valence-corrected chi connectivity index (χ4v) is 1.79. The van der Waals surface area contributed by atoms with Crippen LogP contribution in [0.3, 0.4) is 0 Å². The van der Waals surface area contributed by atoms with Crippen molar-refractivity contribution in [3.63, 3.8) is 0 Å². The predicted octanol–water partition coefficient (Wildman–Crippen LogP) is 3.29. The van der Waals surface area contributed by atoms with Crippen LogP contribution < -0.4 is 10.6 Å². The number of ether oxygens (including phenoxy) is 1. The highest BCUT2D eigenvalue weighted by molar-refractivity contribution is 5.67. The van der Waals surface area contributed by atoms with Gasteiger partial charge in [-0.05, 0) is 44.7 Å². The molecule has 1 amide bonds. The summed E-state index contributed by atoms with van der Waals surface area (Å²) in [6.07, 6.45) is 3.17. The maximum absolute atomic E-state index is 11.7. The van der Waals surface area contributed by atoms with Gasteiger partial charge in [0.15, 0.2) is 0 Å². The summed E-state index contributed by atoms with van der Waals surface area (Å²) >= 11 is 0. The molecule has 1 heterocycles. The lowest BCUT2D eigenvalue weighted by Gasteiger charge is -2.24. The van der Waals surface area contributed by atoms with E-state index in [4.69, 9.17) is 4.74 Å². The molecule has 1 rings (SSSR count). The second kappa shape index (κ2) is 7.86. The molecular weight excluding hydrogens is 266 g/mol. The Kier molecular flexibility index (Phi) is 6.46. The molecule has 0 bridgehead atoms. The molecule has 0 aliphatic rings. The lowest BCUT2D eigenvalue weighted by Crippen LogP contribution is -2.38. The number of amides is 1. The Morgan fingerprint density at radius 3 is 2.57 bits per heavy atom. The molecule has 2 N–H and O–H groups in total. The smallest absolute Gasteiger partial charge is 0.407 e. The number of nitrogens with zero attached hydrogens (tertiary/aromatic N) is 1. The van der Waals surface area contributed by atoms with Crippen molar-refractivity contribution in [2.24, 2.45) is 11.8 Å². The summed E-state index contributed by atoms with van der Waals surface area (Å²) < 4.78 is 5.25. The number of carbonyl (C=O) groups excluding carboxylic acids is 1. The second-order valence-corrected chi connectivity index (χ2v) is 6.51. The molecule has 1 aromatic rings. The van der Waals surface area contributed by atoms with Crippen molar-refractivity contribution < 1.29 is 9.53 Å². The average molecular weight is 293 g/mol. The van der Waals surface area contributed by atoms with Gasteiger partial charge < -0.3 is 15.4 Å². The second-order valence-electron chi connectivity index (χ2n) is 6.51. The van der Waals surface area contributed by atoms with Crippen LogP contribution in [-0.4, -0.2) is 29.8 Å². The van der Waals surface area contributed by atoms with Crippen LogP contribution in [0.1, 0.15) is 34.6 Å². The van der Waals surface area contributed by atoms with Crippen molar-refractivity contribution in [2.45, 2.75) is 40.2 Å².